The summed E-state index contributed by atoms with van der Waals surface area (Å²) in [5.41, 5.74) is 6.53. The van der Waals surface area contributed by atoms with Gasteiger partial charge < -0.3 is 10.5 Å². The molecular weight excluding hydrogens is 284 g/mol. The number of benzene rings is 2. The molecule has 2 N–H and O–H groups in total. The fourth-order valence-corrected chi connectivity index (χ4v) is 2.04. The molecule has 0 aromatic heterocycles. The average molecular weight is 298 g/mol. The second-order valence-electron chi connectivity index (χ2n) is 4.32. The van der Waals surface area contributed by atoms with Crippen LogP contribution in [0.15, 0.2) is 36.4 Å². The smallest absolute Gasteiger partial charge is 0.130 e. The summed E-state index contributed by atoms with van der Waals surface area (Å²) in [6, 6.07) is 8.40. The molecule has 0 bridgehead atoms. The number of ether oxygens (including phenoxy) is 1. The van der Waals surface area contributed by atoms with Crippen LogP contribution in [0.4, 0.5) is 8.78 Å². The van der Waals surface area contributed by atoms with E-state index in [9.17, 15) is 8.78 Å². The van der Waals surface area contributed by atoms with Gasteiger partial charge in [0.15, 0.2) is 0 Å². The van der Waals surface area contributed by atoms with Crippen molar-refractivity contribution in [2.45, 2.75) is 13.0 Å². The van der Waals surface area contributed by atoms with Gasteiger partial charge in [-0.2, -0.15) is 0 Å². The Morgan fingerprint density at radius 1 is 1.05 bits per heavy atom. The van der Waals surface area contributed by atoms with Gasteiger partial charge in [0.05, 0.1) is 0 Å². The highest BCUT2D eigenvalue weighted by Crippen LogP contribution is 2.24. The summed E-state index contributed by atoms with van der Waals surface area (Å²) in [5, 5.41) is 0.581. The number of halogens is 3. The molecule has 0 aliphatic heterocycles. The van der Waals surface area contributed by atoms with Gasteiger partial charge in [-0.15, -0.1) is 0 Å². The first-order valence-electron chi connectivity index (χ1n) is 6.15. The third kappa shape index (κ3) is 3.68. The highest BCUT2D eigenvalue weighted by atomic mass is 35.5. The van der Waals surface area contributed by atoms with Gasteiger partial charge in [0, 0.05) is 10.6 Å². The second kappa shape index (κ2) is 6.68. The van der Waals surface area contributed by atoms with E-state index in [2.05, 4.69) is 0 Å². The first kappa shape index (κ1) is 14.8. The molecule has 0 heterocycles. The molecule has 0 aliphatic carbocycles. The Morgan fingerprint density at radius 2 is 1.85 bits per heavy atom. The van der Waals surface area contributed by atoms with Crippen LogP contribution in [0.1, 0.15) is 11.1 Å². The summed E-state index contributed by atoms with van der Waals surface area (Å²) in [6.45, 7) is 0.397. The number of hydrogen-bond acceptors (Lipinski definition) is 2. The molecule has 0 unspecified atom stereocenters. The van der Waals surface area contributed by atoms with Gasteiger partial charge in [0.2, 0.25) is 0 Å². The van der Waals surface area contributed by atoms with Crippen molar-refractivity contribution in [1.29, 1.82) is 0 Å². The van der Waals surface area contributed by atoms with Gasteiger partial charge in [-0.25, -0.2) is 8.78 Å². The summed E-state index contributed by atoms with van der Waals surface area (Å²) in [6.07, 6.45) is 0.599. The SMILES string of the molecule is NCCc1cc(Cl)ccc1OCc1cc(F)ccc1F. The van der Waals surface area contributed by atoms with Crippen molar-refractivity contribution in [3.63, 3.8) is 0 Å². The molecule has 106 valence electrons. The standard InChI is InChI=1S/C15H14ClF2NO/c16-12-1-4-15(10(7-12)5-6-19)20-9-11-8-13(17)2-3-14(11)18/h1-4,7-8H,5-6,9,19H2. The first-order chi connectivity index (χ1) is 9.60. The van der Waals surface area contributed by atoms with Crippen molar-refractivity contribution >= 4 is 11.6 Å². The Bertz CT molecular complexity index is 604. The topological polar surface area (TPSA) is 35.2 Å². The molecule has 5 heteroatoms. The molecule has 0 aliphatic rings. The van der Waals surface area contributed by atoms with Gasteiger partial charge in [-0.05, 0) is 54.9 Å². The Balaban J connectivity index is 2.16. The highest BCUT2D eigenvalue weighted by Gasteiger charge is 2.08. The molecule has 2 aromatic rings. The van der Waals surface area contributed by atoms with Crippen molar-refractivity contribution in [3.05, 3.63) is 64.2 Å². The van der Waals surface area contributed by atoms with Crippen LogP contribution < -0.4 is 10.5 Å². The van der Waals surface area contributed by atoms with E-state index in [-0.39, 0.29) is 12.2 Å². The van der Waals surface area contributed by atoms with E-state index in [0.717, 1.165) is 23.8 Å². The molecule has 2 nitrogen and oxygen atoms in total. The average Bonchev–Trinajstić information content (AvgIpc) is 2.42. The summed E-state index contributed by atoms with van der Waals surface area (Å²) in [5.74, 6) is -0.424. The Hall–Kier alpha value is -1.65. The fraction of sp³-hybridized carbons (Fsp3) is 0.200. The van der Waals surface area contributed by atoms with Gasteiger partial charge in [-0.3, -0.25) is 0 Å². The summed E-state index contributed by atoms with van der Waals surface area (Å²) >= 11 is 5.91. The molecule has 0 fully saturated rings. The van der Waals surface area contributed by atoms with E-state index in [1.807, 2.05) is 0 Å². The zero-order valence-corrected chi connectivity index (χ0v) is 11.5. The van der Waals surface area contributed by atoms with Crippen LogP contribution in [0.5, 0.6) is 5.75 Å². The lowest BCUT2D eigenvalue weighted by molar-refractivity contribution is 0.296. The Labute approximate surface area is 121 Å². The van der Waals surface area contributed by atoms with Crippen molar-refractivity contribution in [3.8, 4) is 5.75 Å². The maximum atomic E-state index is 13.5. The molecule has 0 spiro atoms. The van der Waals surface area contributed by atoms with E-state index in [0.29, 0.717) is 23.7 Å². The van der Waals surface area contributed by atoms with Crippen LogP contribution in [-0.2, 0) is 13.0 Å². The van der Waals surface area contributed by atoms with Gasteiger partial charge in [0.1, 0.15) is 24.0 Å². The van der Waals surface area contributed by atoms with E-state index in [1.165, 1.54) is 0 Å². The predicted molar refractivity (Wildman–Crippen MR) is 74.9 cm³/mol. The lowest BCUT2D eigenvalue weighted by Gasteiger charge is -2.12. The molecule has 2 aromatic carbocycles. The Morgan fingerprint density at radius 3 is 2.60 bits per heavy atom. The van der Waals surface area contributed by atoms with Gasteiger partial charge in [0.25, 0.3) is 0 Å². The quantitative estimate of drug-likeness (QED) is 0.913. The van der Waals surface area contributed by atoms with E-state index in [1.54, 1.807) is 18.2 Å². The summed E-state index contributed by atoms with van der Waals surface area (Å²) in [7, 11) is 0. The monoisotopic (exact) mass is 297 g/mol. The number of nitrogens with two attached hydrogens (primary N) is 1. The molecule has 0 saturated carbocycles. The van der Waals surface area contributed by atoms with Crippen LogP contribution in [0.3, 0.4) is 0 Å². The van der Waals surface area contributed by atoms with Gasteiger partial charge >= 0.3 is 0 Å². The van der Waals surface area contributed by atoms with E-state index >= 15 is 0 Å². The van der Waals surface area contributed by atoms with E-state index in [4.69, 9.17) is 22.1 Å². The summed E-state index contributed by atoms with van der Waals surface area (Å²) in [4.78, 5) is 0. The van der Waals surface area contributed by atoms with Crippen molar-refractivity contribution in [2.75, 3.05) is 6.54 Å². The van der Waals surface area contributed by atoms with E-state index < -0.39 is 11.6 Å². The number of hydrogen-bond donors (Lipinski definition) is 1. The molecular formula is C15H14ClF2NO. The van der Waals surface area contributed by atoms with Crippen molar-refractivity contribution in [1.82, 2.24) is 0 Å². The van der Waals surface area contributed by atoms with Crippen molar-refractivity contribution < 1.29 is 13.5 Å². The van der Waals surface area contributed by atoms with Crippen LogP contribution >= 0.6 is 11.6 Å². The fourth-order valence-electron chi connectivity index (χ4n) is 1.85. The molecule has 0 amide bonds. The zero-order valence-electron chi connectivity index (χ0n) is 10.7. The van der Waals surface area contributed by atoms with Crippen LogP contribution in [0, 0.1) is 11.6 Å². The third-order valence-corrected chi connectivity index (χ3v) is 3.06. The molecule has 2 rings (SSSR count). The van der Waals surface area contributed by atoms with Crippen LogP contribution in [-0.4, -0.2) is 6.54 Å². The predicted octanol–water partition coefficient (Wildman–Crippen LogP) is 3.70. The minimum Gasteiger partial charge on any atom is -0.489 e. The number of rotatable bonds is 5. The largest absolute Gasteiger partial charge is 0.489 e. The molecule has 20 heavy (non-hydrogen) atoms. The normalized spacial score (nSPS) is 10.6. The second-order valence-corrected chi connectivity index (χ2v) is 4.75. The molecule has 0 radical (unpaired) electrons. The maximum Gasteiger partial charge on any atom is 0.130 e. The molecule has 0 saturated heterocycles. The minimum atomic E-state index is -0.499. The zero-order chi connectivity index (χ0) is 14.5. The van der Waals surface area contributed by atoms with Gasteiger partial charge in [-0.1, -0.05) is 11.6 Å². The molecule has 0 atom stereocenters. The lowest BCUT2D eigenvalue weighted by Crippen LogP contribution is -2.06. The van der Waals surface area contributed by atoms with Crippen LogP contribution in [0.25, 0.3) is 0 Å². The van der Waals surface area contributed by atoms with Crippen molar-refractivity contribution in [2.24, 2.45) is 5.73 Å². The first-order valence-corrected chi connectivity index (χ1v) is 6.53. The third-order valence-electron chi connectivity index (χ3n) is 2.83. The minimum absolute atomic E-state index is 0.0528. The highest BCUT2D eigenvalue weighted by molar-refractivity contribution is 6.30. The van der Waals surface area contributed by atoms with Crippen LogP contribution in [0.2, 0.25) is 5.02 Å². The Kier molecular flexibility index (Phi) is 4.93. The lowest BCUT2D eigenvalue weighted by atomic mass is 10.1. The maximum absolute atomic E-state index is 13.5. The summed E-state index contributed by atoms with van der Waals surface area (Å²) < 4.78 is 32.1.